The van der Waals surface area contributed by atoms with Crippen molar-refractivity contribution >= 4 is 21.7 Å². The van der Waals surface area contributed by atoms with Crippen LogP contribution in [0.5, 0.6) is 5.75 Å². The van der Waals surface area contributed by atoms with Gasteiger partial charge in [0, 0.05) is 19.6 Å². The van der Waals surface area contributed by atoms with Crippen molar-refractivity contribution in [1.82, 2.24) is 9.62 Å². The molecule has 1 aliphatic rings. The molecule has 0 saturated carbocycles. The number of amides is 2. The molecule has 9 heteroatoms. The number of carbonyl (C=O) groups is 1. The summed E-state index contributed by atoms with van der Waals surface area (Å²) in [5.74, 6) is 0.386. The average Bonchev–Trinajstić information content (AvgIpc) is 2.55. The van der Waals surface area contributed by atoms with E-state index in [4.69, 9.17) is 9.47 Å². The summed E-state index contributed by atoms with van der Waals surface area (Å²) in [4.78, 5) is 11.8. The number of morpholine rings is 1. The van der Waals surface area contributed by atoms with Gasteiger partial charge in [-0.1, -0.05) is 0 Å². The Balaban J connectivity index is 2.30. The van der Waals surface area contributed by atoms with Crippen LogP contribution in [-0.4, -0.2) is 58.7 Å². The smallest absolute Gasteiger partial charge is 0.319 e. The Morgan fingerprint density at radius 2 is 2.04 bits per heavy atom. The zero-order valence-corrected chi connectivity index (χ0v) is 14.0. The third kappa shape index (κ3) is 4.12. The van der Waals surface area contributed by atoms with Crippen molar-refractivity contribution in [2.45, 2.75) is 11.8 Å². The number of nitrogens with zero attached hydrogens (tertiary/aromatic N) is 1. The number of rotatable bonds is 5. The highest BCUT2D eigenvalue weighted by molar-refractivity contribution is 7.89. The molecule has 1 aliphatic heterocycles. The predicted octanol–water partition coefficient (Wildman–Crippen LogP) is 0.857. The fourth-order valence-electron chi connectivity index (χ4n) is 2.21. The van der Waals surface area contributed by atoms with Crippen molar-refractivity contribution in [3.05, 3.63) is 18.2 Å². The van der Waals surface area contributed by atoms with Crippen molar-refractivity contribution < 1.29 is 22.7 Å². The molecule has 2 rings (SSSR count). The molecule has 0 unspecified atom stereocenters. The summed E-state index contributed by atoms with van der Waals surface area (Å²) in [7, 11) is -2.18. The van der Waals surface area contributed by atoms with Gasteiger partial charge in [0.25, 0.3) is 0 Å². The number of carbonyl (C=O) groups excluding carboxylic acids is 1. The summed E-state index contributed by atoms with van der Waals surface area (Å²) >= 11 is 0. The lowest BCUT2D eigenvalue weighted by molar-refractivity contribution is 0.0730. The van der Waals surface area contributed by atoms with Gasteiger partial charge in [0.1, 0.15) is 5.75 Å². The number of sulfonamides is 1. The number of hydrogen-bond donors (Lipinski definition) is 2. The first-order valence-electron chi connectivity index (χ1n) is 7.30. The van der Waals surface area contributed by atoms with Crippen molar-refractivity contribution in [2.75, 3.05) is 45.3 Å². The third-order valence-corrected chi connectivity index (χ3v) is 5.26. The molecule has 1 fully saturated rings. The fraction of sp³-hybridized carbons (Fsp3) is 0.500. The normalized spacial score (nSPS) is 15.9. The maximum Gasteiger partial charge on any atom is 0.319 e. The molecule has 0 spiro atoms. The summed E-state index contributed by atoms with van der Waals surface area (Å²) < 4.78 is 37.0. The van der Waals surface area contributed by atoms with Crippen molar-refractivity contribution in [2.24, 2.45) is 0 Å². The van der Waals surface area contributed by atoms with Crippen LogP contribution < -0.4 is 15.4 Å². The van der Waals surface area contributed by atoms with Crippen LogP contribution in [0, 0.1) is 0 Å². The van der Waals surface area contributed by atoms with Gasteiger partial charge in [-0.25, -0.2) is 13.2 Å². The first kappa shape index (κ1) is 17.5. The zero-order valence-electron chi connectivity index (χ0n) is 13.2. The standard InChI is InChI=1S/C14H21N3O5S/c1-3-15-14(18)16-12-10-11(4-5-13(12)21-2)23(19,20)17-6-8-22-9-7-17/h4-5,10H,3,6-9H2,1-2H3,(H2,15,16,18). The first-order chi connectivity index (χ1) is 11.0. The van der Waals surface area contributed by atoms with Crippen LogP contribution in [0.25, 0.3) is 0 Å². The number of urea groups is 1. The van der Waals surface area contributed by atoms with Crippen LogP contribution in [0.4, 0.5) is 10.5 Å². The van der Waals surface area contributed by atoms with E-state index in [0.29, 0.717) is 44.3 Å². The third-order valence-electron chi connectivity index (χ3n) is 3.36. The van der Waals surface area contributed by atoms with E-state index in [0.717, 1.165) is 0 Å². The second-order valence-corrected chi connectivity index (χ2v) is 6.80. The molecule has 0 aromatic heterocycles. The van der Waals surface area contributed by atoms with Crippen LogP contribution in [0.15, 0.2) is 23.1 Å². The van der Waals surface area contributed by atoms with Crippen LogP contribution in [0.1, 0.15) is 6.92 Å². The van der Waals surface area contributed by atoms with E-state index in [-0.39, 0.29) is 4.90 Å². The van der Waals surface area contributed by atoms with E-state index in [1.54, 1.807) is 6.92 Å². The van der Waals surface area contributed by atoms with E-state index >= 15 is 0 Å². The minimum absolute atomic E-state index is 0.104. The Hall–Kier alpha value is -1.84. The summed E-state index contributed by atoms with van der Waals surface area (Å²) in [6.07, 6.45) is 0. The minimum atomic E-state index is -3.63. The van der Waals surface area contributed by atoms with Gasteiger partial charge in [-0.15, -0.1) is 0 Å². The lowest BCUT2D eigenvalue weighted by atomic mass is 10.3. The van der Waals surface area contributed by atoms with E-state index in [2.05, 4.69) is 10.6 Å². The molecule has 23 heavy (non-hydrogen) atoms. The molecule has 2 amide bonds. The highest BCUT2D eigenvalue weighted by Gasteiger charge is 2.27. The highest BCUT2D eigenvalue weighted by Crippen LogP contribution is 2.29. The zero-order chi connectivity index (χ0) is 16.9. The Morgan fingerprint density at radius 1 is 1.35 bits per heavy atom. The monoisotopic (exact) mass is 343 g/mol. The van der Waals surface area contributed by atoms with Gasteiger partial charge < -0.3 is 20.1 Å². The highest BCUT2D eigenvalue weighted by atomic mass is 32.2. The number of methoxy groups -OCH3 is 1. The molecule has 8 nitrogen and oxygen atoms in total. The minimum Gasteiger partial charge on any atom is -0.495 e. The SMILES string of the molecule is CCNC(=O)Nc1cc(S(=O)(=O)N2CCOCC2)ccc1OC. The lowest BCUT2D eigenvalue weighted by Crippen LogP contribution is -2.40. The molecule has 2 N–H and O–H groups in total. The van der Waals surface area contributed by atoms with Gasteiger partial charge in [0.05, 0.1) is 30.9 Å². The van der Waals surface area contributed by atoms with Gasteiger partial charge in [0.15, 0.2) is 0 Å². The summed E-state index contributed by atoms with van der Waals surface area (Å²) in [6.45, 7) is 3.62. The Kier molecular flexibility index (Phi) is 5.80. The number of nitrogens with one attached hydrogen (secondary N) is 2. The van der Waals surface area contributed by atoms with Crippen LogP contribution in [0.2, 0.25) is 0 Å². The molecule has 1 aromatic carbocycles. The van der Waals surface area contributed by atoms with Crippen LogP contribution in [-0.2, 0) is 14.8 Å². The van der Waals surface area contributed by atoms with E-state index in [1.807, 2.05) is 0 Å². The lowest BCUT2D eigenvalue weighted by Gasteiger charge is -2.26. The van der Waals surface area contributed by atoms with Gasteiger partial charge >= 0.3 is 6.03 Å². The second-order valence-electron chi connectivity index (χ2n) is 4.86. The fourth-order valence-corrected chi connectivity index (χ4v) is 3.64. The topological polar surface area (TPSA) is 97.0 Å². The average molecular weight is 343 g/mol. The molecule has 1 heterocycles. The van der Waals surface area contributed by atoms with E-state index in [9.17, 15) is 13.2 Å². The quantitative estimate of drug-likeness (QED) is 0.826. The molecule has 1 aromatic rings. The summed E-state index contributed by atoms with van der Waals surface area (Å²) in [6, 6.07) is 3.96. The van der Waals surface area contributed by atoms with Crippen LogP contribution >= 0.6 is 0 Å². The number of ether oxygens (including phenoxy) is 2. The second kappa shape index (κ2) is 7.62. The van der Waals surface area contributed by atoms with Crippen molar-refractivity contribution in [3.63, 3.8) is 0 Å². The van der Waals surface area contributed by atoms with Crippen molar-refractivity contribution in [3.8, 4) is 5.75 Å². The number of benzene rings is 1. The number of anilines is 1. The van der Waals surface area contributed by atoms with Gasteiger partial charge in [-0.3, -0.25) is 0 Å². The molecule has 0 radical (unpaired) electrons. The maximum absolute atomic E-state index is 12.7. The summed E-state index contributed by atoms with van der Waals surface area (Å²) in [5, 5.41) is 5.18. The van der Waals surface area contributed by atoms with Gasteiger partial charge in [-0.05, 0) is 25.1 Å². The largest absolute Gasteiger partial charge is 0.495 e. The van der Waals surface area contributed by atoms with E-state index in [1.165, 1.54) is 29.6 Å². The first-order valence-corrected chi connectivity index (χ1v) is 8.74. The molecular formula is C14H21N3O5S. The van der Waals surface area contributed by atoms with Gasteiger partial charge in [0.2, 0.25) is 10.0 Å². The Morgan fingerprint density at radius 3 is 2.65 bits per heavy atom. The Labute approximate surface area is 135 Å². The summed E-state index contributed by atoms with van der Waals surface area (Å²) in [5.41, 5.74) is 0.299. The maximum atomic E-state index is 12.7. The van der Waals surface area contributed by atoms with Crippen molar-refractivity contribution in [1.29, 1.82) is 0 Å². The molecule has 0 bridgehead atoms. The molecular weight excluding hydrogens is 322 g/mol. The molecule has 0 aliphatic carbocycles. The number of hydrogen-bond acceptors (Lipinski definition) is 5. The van der Waals surface area contributed by atoms with E-state index < -0.39 is 16.1 Å². The molecule has 0 atom stereocenters. The predicted molar refractivity (Wildman–Crippen MR) is 85.3 cm³/mol. The van der Waals surface area contributed by atoms with Gasteiger partial charge in [-0.2, -0.15) is 4.31 Å². The molecule has 1 saturated heterocycles. The molecule has 128 valence electrons. The van der Waals surface area contributed by atoms with Crippen LogP contribution in [0.3, 0.4) is 0 Å². The Bertz CT molecular complexity index is 656.